The molecular formula is C45H45N3O9S. The minimum atomic E-state index is -3.58. The van der Waals surface area contributed by atoms with Gasteiger partial charge in [-0.25, -0.2) is 13.3 Å². The van der Waals surface area contributed by atoms with E-state index in [9.17, 15) is 27.6 Å². The number of imide groups is 2. The molecule has 58 heavy (non-hydrogen) atoms. The maximum atomic E-state index is 14.2. The van der Waals surface area contributed by atoms with Crippen LogP contribution in [-0.2, 0) is 24.0 Å². The minimum Gasteiger partial charge on any atom is -0.382 e. The molecule has 2 unspecified atom stereocenters. The van der Waals surface area contributed by atoms with E-state index in [1.54, 1.807) is 38.3 Å². The number of nitrogens with one attached hydrogen (secondary N) is 1. The van der Waals surface area contributed by atoms with Gasteiger partial charge in [0.05, 0.1) is 54.9 Å². The molecule has 0 aliphatic carbocycles. The molecule has 13 heteroatoms. The van der Waals surface area contributed by atoms with E-state index in [2.05, 4.69) is 12.2 Å². The van der Waals surface area contributed by atoms with Crippen LogP contribution >= 0.6 is 0 Å². The Hall–Kier alpha value is -5.31. The zero-order chi connectivity index (χ0) is 40.9. The van der Waals surface area contributed by atoms with Crippen LogP contribution in [0.3, 0.4) is 0 Å². The molecule has 0 bridgehead atoms. The molecule has 0 spiro atoms. The highest BCUT2D eigenvalue weighted by Crippen LogP contribution is 2.46. The van der Waals surface area contributed by atoms with Gasteiger partial charge in [0.15, 0.2) is 9.84 Å². The average Bonchev–Trinajstić information content (AvgIpc) is 3.22. The Morgan fingerprint density at radius 2 is 1.16 bits per heavy atom. The lowest BCUT2D eigenvalue weighted by molar-refractivity contribution is -0.0312. The number of fused-ring (bicyclic) bond motifs is 2. The molecule has 0 fully saturated rings. The Morgan fingerprint density at radius 3 is 1.66 bits per heavy atom. The largest absolute Gasteiger partial charge is 0.382 e. The summed E-state index contributed by atoms with van der Waals surface area (Å²) in [5.74, 6) is -1.91. The van der Waals surface area contributed by atoms with E-state index in [-0.39, 0.29) is 29.0 Å². The molecule has 2 aliphatic heterocycles. The van der Waals surface area contributed by atoms with E-state index in [0.717, 1.165) is 56.6 Å². The zero-order valence-corrected chi connectivity index (χ0v) is 33.7. The molecule has 2 heterocycles. The first-order chi connectivity index (χ1) is 28.0. The number of carbonyl (C=O) groups is 4. The van der Waals surface area contributed by atoms with Gasteiger partial charge in [-0.05, 0) is 108 Å². The Kier molecular flexibility index (Phi) is 10.8. The smallest absolute Gasteiger partial charge is 0.265 e. The van der Waals surface area contributed by atoms with Crippen LogP contribution in [0.4, 0.5) is 5.69 Å². The summed E-state index contributed by atoms with van der Waals surface area (Å²) < 4.78 is 42.5. The quantitative estimate of drug-likeness (QED) is 0.0454. The maximum absolute atomic E-state index is 14.2. The van der Waals surface area contributed by atoms with Crippen LogP contribution in [0.15, 0.2) is 77.7 Å². The van der Waals surface area contributed by atoms with Crippen molar-refractivity contribution in [3.8, 4) is 0 Å². The van der Waals surface area contributed by atoms with Crippen LogP contribution in [-0.4, -0.2) is 101 Å². The fourth-order valence-corrected chi connectivity index (χ4v) is 9.49. The van der Waals surface area contributed by atoms with Gasteiger partial charge in [0.2, 0.25) is 0 Å². The van der Waals surface area contributed by atoms with E-state index >= 15 is 0 Å². The number of sulfone groups is 1. The van der Waals surface area contributed by atoms with Crippen molar-refractivity contribution >= 4 is 82.2 Å². The second-order valence-electron chi connectivity index (χ2n) is 15.0. The summed E-state index contributed by atoms with van der Waals surface area (Å²) >= 11 is 0. The Bertz CT molecular complexity index is 2610. The third-order valence-corrected chi connectivity index (χ3v) is 13.0. The molecule has 0 saturated heterocycles. The van der Waals surface area contributed by atoms with Crippen molar-refractivity contribution in [2.45, 2.75) is 50.7 Å². The van der Waals surface area contributed by atoms with Crippen LogP contribution in [0.25, 0.3) is 43.1 Å². The number of nitrogens with zero attached hydrogens (tertiary/aromatic N) is 2. The monoisotopic (exact) mass is 803 g/mol. The topological polar surface area (TPSA) is 149 Å². The van der Waals surface area contributed by atoms with Crippen LogP contribution in [0.5, 0.6) is 0 Å². The predicted molar refractivity (Wildman–Crippen MR) is 223 cm³/mol. The van der Waals surface area contributed by atoms with Crippen molar-refractivity contribution < 1.29 is 41.8 Å². The second kappa shape index (κ2) is 15.8. The molecule has 4 amide bonds. The molecule has 0 aromatic heterocycles. The van der Waals surface area contributed by atoms with Crippen molar-refractivity contribution in [3.05, 3.63) is 95.1 Å². The zero-order valence-electron chi connectivity index (χ0n) is 32.9. The number of unbranched alkanes of at least 4 members (excludes halogenated alkanes) is 1. The van der Waals surface area contributed by atoms with Gasteiger partial charge in [0, 0.05) is 46.7 Å². The van der Waals surface area contributed by atoms with Gasteiger partial charge in [0.25, 0.3) is 23.6 Å². The lowest BCUT2D eigenvalue weighted by Gasteiger charge is -2.33. The fraction of sp³-hybridized carbons (Fsp3) is 0.333. The number of rotatable bonds is 17. The van der Waals surface area contributed by atoms with Gasteiger partial charge >= 0.3 is 0 Å². The highest BCUT2D eigenvalue weighted by atomic mass is 32.2. The van der Waals surface area contributed by atoms with E-state index in [1.165, 1.54) is 29.2 Å². The summed E-state index contributed by atoms with van der Waals surface area (Å²) in [5.41, 5.74) is 1.77. The summed E-state index contributed by atoms with van der Waals surface area (Å²) in [6.07, 6.45) is 1.72. The summed E-state index contributed by atoms with van der Waals surface area (Å²) in [4.78, 5) is 59.1. The molecular weight excluding hydrogens is 759 g/mol. The average molecular weight is 804 g/mol. The van der Waals surface area contributed by atoms with Crippen molar-refractivity contribution in [3.63, 3.8) is 0 Å². The number of ether oxygens (including phenoxy) is 3. The van der Waals surface area contributed by atoms with Gasteiger partial charge in [0.1, 0.15) is 0 Å². The number of benzene rings is 6. The Balaban J connectivity index is 1.12. The van der Waals surface area contributed by atoms with Crippen LogP contribution in [0.2, 0.25) is 0 Å². The van der Waals surface area contributed by atoms with E-state index in [4.69, 9.17) is 14.2 Å². The highest BCUT2D eigenvalue weighted by Gasteiger charge is 2.39. The maximum Gasteiger partial charge on any atom is 0.265 e. The van der Waals surface area contributed by atoms with Crippen LogP contribution in [0, 0.1) is 0 Å². The number of methoxy groups -OCH3 is 1. The molecule has 6 aromatic rings. The molecule has 0 saturated carbocycles. The summed E-state index contributed by atoms with van der Waals surface area (Å²) in [7, 11) is -1.98. The number of amides is 4. The van der Waals surface area contributed by atoms with E-state index in [1.807, 2.05) is 31.2 Å². The summed E-state index contributed by atoms with van der Waals surface area (Å²) in [5, 5.41) is 8.90. The normalized spacial score (nSPS) is 15.5. The lowest BCUT2D eigenvalue weighted by Crippen LogP contribution is -2.48. The molecule has 6 aromatic carbocycles. The van der Waals surface area contributed by atoms with Crippen molar-refractivity contribution in [1.82, 2.24) is 10.2 Å². The van der Waals surface area contributed by atoms with Crippen molar-refractivity contribution in [1.29, 1.82) is 0 Å². The number of hydrogen-bond acceptors (Lipinski definition) is 10. The molecule has 2 atom stereocenters. The van der Waals surface area contributed by atoms with Gasteiger partial charge in [-0.3, -0.25) is 24.1 Å². The molecule has 1 N–H and O–H groups in total. The van der Waals surface area contributed by atoms with Crippen molar-refractivity contribution in [2.75, 3.05) is 57.3 Å². The Labute approximate surface area is 336 Å². The highest BCUT2D eigenvalue weighted by molar-refractivity contribution is 7.91. The SMILES string of the molecule is CCCCNCCS(=O)(=O)c1ccc(N2C(=O)c3ccc4c5ccc6c7c(ccc(c8ccc(c3c48)C2=O)c75)C(=O)N(C(C)COC(C)COCCOC)C6=O)cc1. The van der Waals surface area contributed by atoms with Gasteiger partial charge in [-0.2, -0.15) is 0 Å². The molecule has 0 radical (unpaired) electrons. The van der Waals surface area contributed by atoms with Crippen LogP contribution in [0.1, 0.15) is 75.0 Å². The van der Waals surface area contributed by atoms with E-state index < -0.39 is 39.5 Å². The first-order valence-corrected chi connectivity index (χ1v) is 21.3. The van der Waals surface area contributed by atoms with Crippen LogP contribution < -0.4 is 10.2 Å². The van der Waals surface area contributed by atoms with Gasteiger partial charge in [-0.1, -0.05) is 37.6 Å². The number of hydrogen-bond donors (Lipinski definition) is 1. The standard InChI is InChI=1S/C45H45N3O9S/c1-5-6-19-46-20-23-58(53,54)29-9-7-28(8-10-29)48-44(51)36-17-13-32-30-11-15-34-40-35(16-12-31(38(30)40)33-14-18-37(45(48)52)41(36)39(32)33)43(50)47(42(34)49)26(2)24-57-27(3)25-56-22-21-55-4/h7-18,26-27,46H,5-6,19-25H2,1-4H3. The van der Waals surface area contributed by atoms with E-state index in [0.29, 0.717) is 59.4 Å². The summed E-state index contributed by atoms with van der Waals surface area (Å²) in [6, 6.07) is 19.7. The fourth-order valence-electron chi connectivity index (χ4n) is 8.29. The lowest BCUT2D eigenvalue weighted by atomic mass is 9.82. The third kappa shape index (κ3) is 6.60. The third-order valence-electron chi connectivity index (χ3n) is 11.2. The molecule has 12 nitrogen and oxygen atoms in total. The molecule has 2 aliphatic rings. The molecule has 8 rings (SSSR count). The first kappa shape index (κ1) is 39.5. The van der Waals surface area contributed by atoms with Crippen molar-refractivity contribution in [2.24, 2.45) is 0 Å². The number of carbonyl (C=O) groups excluding carboxylic acids is 4. The number of anilines is 1. The predicted octanol–water partition coefficient (Wildman–Crippen LogP) is 6.75. The minimum absolute atomic E-state index is 0.0661. The first-order valence-electron chi connectivity index (χ1n) is 19.7. The summed E-state index contributed by atoms with van der Waals surface area (Å²) in [6.45, 7) is 8.21. The molecule has 300 valence electrons. The van der Waals surface area contributed by atoms with Gasteiger partial charge in [-0.15, -0.1) is 0 Å². The second-order valence-corrected chi connectivity index (χ2v) is 17.2. The van der Waals surface area contributed by atoms with Gasteiger partial charge < -0.3 is 19.5 Å². The Morgan fingerprint density at radius 1 is 0.638 bits per heavy atom.